The lowest BCUT2D eigenvalue weighted by molar-refractivity contribution is 0.0697. The molecule has 1 aromatic heterocycles. The number of carbonyl (C=O) groups excluding carboxylic acids is 1. The van der Waals surface area contributed by atoms with E-state index in [9.17, 15) is 14.4 Å². The molecule has 1 heterocycles. The van der Waals surface area contributed by atoms with Gasteiger partial charge >= 0.3 is 17.7 Å². The second-order valence-corrected chi connectivity index (χ2v) is 6.87. The van der Waals surface area contributed by atoms with E-state index in [2.05, 4.69) is 10.4 Å². The molecule has 1 N–H and O–H groups in total. The van der Waals surface area contributed by atoms with E-state index >= 15 is 0 Å². The lowest BCUT2D eigenvalue weighted by atomic mass is 10.2. The number of hydrogen-bond donors (Lipinski definition) is 1. The number of hydrogen-bond acceptors (Lipinski definition) is 5. The molecule has 1 amide bonds. The van der Waals surface area contributed by atoms with Crippen LogP contribution in [0.5, 0.6) is 0 Å². The quantitative estimate of drug-likeness (QED) is 0.601. The maximum Gasteiger partial charge on any atom is 0.377 e. The number of tetrazole rings is 1. The zero-order valence-electron chi connectivity index (χ0n) is 14.7. The van der Waals surface area contributed by atoms with Crippen LogP contribution in [-0.2, 0) is 0 Å². The summed E-state index contributed by atoms with van der Waals surface area (Å²) in [6.07, 6.45) is 0. The van der Waals surface area contributed by atoms with Gasteiger partial charge in [-0.05, 0) is 47.7 Å². The Morgan fingerprint density at radius 3 is 2.28 bits per heavy atom. The van der Waals surface area contributed by atoms with E-state index in [1.807, 2.05) is 0 Å². The summed E-state index contributed by atoms with van der Waals surface area (Å²) in [5, 5.41) is 16.6. The van der Waals surface area contributed by atoms with Crippen molar-refractivity contribution in [3.05, 3.63) is 67.5 Å². The fourth-order valence-corrected chi connectivity index (χ4v) is 3.40. The van der Waals surface area contributed by atoms with Crippen LogP contribution in [0, 0.1) is 0 Å². The molecule has 0 aliphatic carbocycles. The van der Waals surface area contributed by atoms with Crippen molar-refractivity contribution in [1.82, 2.24) is 19.8 Å². The van der Waals surface area contributed by atoms with E-state index in [4.69, 9.17) is 39.9 Å². The van der Waals surface area contributed by atoms with Gasteiger partial charge in [0.2, 0.25) is 0 Å². The number of carboxylic acid groups (broad SMARTS) is 1. The van der Waals surface area contributed by atoms with Crippen molar-refractivity contribution in [3.8, 4) is 5.69 Å². The number of carbonyl (C=O) groups is 2. The second kappa shape index (κ2) is 8.24. The first-order valence-electron chi connectivity index (χ1n) is 8.10. The van der Waals surface area contributed by atoms with Gasteiger partial charge in [0.05, 0.1) is 20.6 Å². The van der Waals surface area contributed by atoms with Crippen LogP contribution in [0.2, 0.25) is 15.1 Å². The van der Waals surface area contributed by atoms with Gasteiger partial charge in [-0.25, -0.2) is 14.4 Å². The smallest absolute Gasteiger partial charge is 0.377 e. The number of nitrogens with zero attached hydrogens (tertiary/aromatic N) is 5. The third kappa shape index (κ3) is 3.84. The molecule has 12 heteroatoms. The van der Waals surface area contributed by atoms with Crippen LogP contribution in [0.4, 0.5) is 10.5 Å². The van der Waals surface area contributed by atoms with Crippen LogP contribution in [-0.4, -0.2) is 43.4 Å². The highest BCUT2D eigenvalue weighted by Gasteiger charge is 2.24. The monoisotopic (exact) mass is 455 g/mol. The first-order chi connectivity index (χ1) is 13.8. The Bertz CT molecular complexity index is 1150. The topological polar surface area (TPSA) is 110 Å². The highest BCUT2D eigenvalue weighted by Crippen LogP contribution is 2.27. The second-order valence-electron chi connectivity index (χ2n) is 5.65. The van der Waals surface area contributed by atoms with Crippen LogP contribution in [0.3, 0.4) is 0 Å². The maximum atomic E-state index is 12.9. The number of rotatable bonds is 4. The van der Waals surface area contributed by atoms with Crippen molar-refractivity contribution in [2.45, 2.75) is 6.92 Å². The van der Waals surface area contributed by atoms with E-state index < -0.39 is 17.7 Å². The molecule has 2 aromatic carbocycles. The molecule has 0 atom stereocenters. The summed E-state index contributed by atoms with van der Waals surface area (Å²) in [4.78, 5) is 37.9. The summed E-state index contributed by atoms with van der Waals surface area (Å²) < 4.78 is 1.36. The zero-order chi connectivity index (χ0) is 21.3. The number of aromatic nitrogens is 4. The Labute approximate surface area is 178 Å². The minimum Gasteiger partial charge on any atom is -0.478 e. The molecule has 3 aromatic rings. The van der Waals surface area contributed by atoms with E-state index in [0.29, 0.717) is 4.68 Å². The summed E-state index contributed by atoms with van der Waals surface area (Å²) in [5.41, 5.74) is -0.617. The van der Waals surface area contributed by atoms with Gasteiger partial charge < -0.3 is 5.11 Å². The number of carboxylic acids is 1. The Morgan fingerprint density at radius 2 is 1.72 bits per heavy atom. The minimum atomic E-state index is -1.20. The first kappa shape index (κ1) is 20.8. The lowest BCUT2D eigenvalue weighted by Crippen LogP contribution is -2.41. The number of benzene rings is 2. The highest BCUT2D eigenvalue weighted by atomic mass is 35.5. The standard InChI is InChI=1S/C17H12Cl3N5O4/c1-2-23(9-6-7-10(15(26)27)13(20)8-9)16(28)25-17(29)24(21-22-25)14-11(18)4-3-5-12(14)19/h3-8H,2H2,1H3,(H,26,27). The average molecular weight is 457 g/mol. The summed E-state index contributed by atoms with van der Waals surface area (Å²) in [5.74, 6) is -1.20. The Kier molecular flexibility index (Phi) is 5.92. The SMILES string of the molecule is CCN(C(=O)n1nnn(-c2c(Cl)cccc2Cl)c1=O)c1ccc(C(=O)O)c(Cl)c1. The van der Waals surface area contributed by atoms with Crippen molar-refractivity contribution in [3.63, 3.8) is 0 Å². The predicted molar refractivity (Wildman–Crippen MR) is 108 cm³/mol. The summed E-state index contributed by atoms with van der Waals surface area (Å²) >= 11 is 18.2. The normalized spacial score (nSPS) is 10.8. The fourth-order valence-electron chi connectivity index (χ4n) is 2.59. The minimum absolute atomic E-state index is 0.0555. The van der Waals surface area contributed by atoms with E-state index in [1.54, 1.807) is 13.0 Å². The molecule has 0 bridgehead atoms. The largest absolute Gasteiger partial charge is 0.478 e. The Hall–Kier alpha value is -2.88. The van der Waals surface area contributed by atoms with Crippen LogP contribution < -0.4 is 10.6 Å². The molecule has 150 valence electrons. The summed E-state index contributed by atoms with van der Waals surface area (Å²) in [6, 6.07) is 7.79. The molecular formula is C17H12Cl3N5O4. The molecule has 29 heavy (non-hydrogen) atoms. The molecule has 0 spiro atoms. The van der Waals surface area contributed by atoms with Gasteiger partial charge in [0, 0.05) is 12.2 Å². The zero-order valence-corrected chi connectivity index (χ0v) is 17.0. The summed E-state index contributed by atoms with van der Waals surface area (Å²) in [6.45, 7) is 1.81. The van der Waals surface area contributed by atoms with Crippen LogP contribution in [0.1, 0.15) is 17.3 Å². The van der Waals surface area contributed by atoms with Gasteiger partial charge in [-0.2, -0.15) is 4.68 Å². The van der Waals surface area contributed by atoms with Crippen molar-refractivity contribution < 1.29 is 14.7 Å². The van der Waals surface area contributed by atoms with Crippen molar-refractivity contribution in [2.75, 3.05) is 11.4 Å². The number of anilines is 1. The number of halogens is 3. The van der Waals surface area contributed by atoms with Gasteiger partial charge in [-0.15, -0.1) is 4.68 Å². The third-order valence-electron chi connectivity index (χ3n) is 3.95. The summed E-state index contributed by atoms with van der Waals surface area (Å²) in [7, 11) is 0. The van der Waals surface area contributed by atoms with Crippen molar-refractivity contribution >= 4 is 52.5 Å². The van der Waals surface area contributed by atoms with Gasteiger partial charge in [-0.1, -0.05) is 40.9 Å². The average Bonchev–Trinajstić information content (AvgIpc) is 3.03. The predicted octanol–water partition coefficient (Wildman–Crippen LogP) is 3.58. The molecule has 3 rings (SSSR count). The Morgan fingerprint density at radius 1 is 1.07 bits per heavy atom. The Balaban J connectivity index is 2.02. The van der Waals surface area contributed by atoms with Gasteiger partial charge in [-0.3, -0.25) is 4.90 Å². The van der Waals surface area contributed by atoms with Gasteiger partial charge in [0.25, 0.3) is 0 Å². The number of para-hydroxylation sites is 1. The van der Waals surface area contributed by atoms with Gasteiger partial charge in [0.15, 0.2) is 0 Å². The van der Waals surface area contributed by atoms with Gasteiger partial charge in [0.1, 0.15) is 5.69 Å². The first-order valence-corrected chi connectivity index (χ1v) is 9.23. The molecule has 0 saturated carbocycles. The number of aromatic carboxylic acids is 1. The van der Waals surface area contributed by atoms with E-state index in [1.165, 1.54) is 35.2 Å². The van der Waals surface area contributed by atoms with Crippen LogP contribution >= 0.6 is 34.8 Å². The van der Waals surface area contributed by atoms with E-state index in [0.717, 1.165) is 4.68 Å². The number of amides is 1. The van der Waals surface area contributed by atoms with Crippen molar-refractivity contribution in [1.29, 1.82) is 0 Å². The fraction of sp³-hybridized carbons (Fsp3) is 0.118. The lowest BCUT2D eigenvalue weighted by Gasteiger charge is -2.20. The molecular weight excluding hydrogens is 445 g/mol. The molecule has 0 unspecified atom stereocenters. The molecule has 0 fully saturated rings. The van der Waals surface area contributed by atoms with E-state index in [-0.39, 0.29) is 38.6 Å². The molecule has 0 saturated heterocycles. The van der Waals surface area contributed by atoms with Crippen LogP contribution in [0.25, 0.3) is 5.69 Å². The third-order valence-corrected chi connectivity index (χ3v) is 4.88. The maximum absolute atomic E-state index is 12.9. The highest BCUT2D eigenvalue weighted by molar-refractivity contribution is 6.37. The molecule has 0 aliphatic rings. The molecule has 9 nitrogen and oxygen atoms in total. The molecule has 0 aliphatic heterocycles. The van der Waals surface area contributed by atoms with Crippen LogP contribution in [0.15, 0.2) is 41.2 Å². The molecule has 0 radical (unpaired) electrons. The van der Waals surface area contributed by atoms with Crippen molar-refractivity contribution in [2.24, 2.45) is 0 Å².